The standard InChI is InChI=1S/C16H25N3O2/c1-3-17-16(19-10-4-5-11-19)18-9-8-13-6-7-14(21-2)12-15(13)20/h6-7,12,20H,3-5,8-11H2,1-2H3,(H,17,18). The van der Waals surface area contributed by atoms with Gasteiger partial charge in [-0.3, -0.25) is 4.99 Å². The van der Waals surface area contributed by atoms with Gasteiger partial charge in [-0.05, 0) is 37.8 Å². The van der Waals surface area contributed by atoms with Crippen molar-refractivity contribution in [2.45, 2.75) is 26.2 Å². The predicted molar refractivity (Wildman–Crippen MR) is 85.1 cm³/mol. The summed E-state index contributed by atoms with van der Waals surface area (Å²) in [5.74, 6) is 1.93. The van der Waals surface area contributed by atoms with E-state index < -0.39 is 0 Å². The van der Waals surface area contributed by atoms with Gasteiger partial charge in [0.15, 0.2) is 5.96 Å². The Morgan fingerprint density at radius 1 is 1.38 bits per heavy atom. The SMILES string of the molecule is CCNC(=NCCc1ccc(OC)cc1O)N1CCCC1. The van der Waals surface area contributed by atoms with Crippen LogP contribution in [0.15, 0.2) is 23.2 Å². The Labute approximate surface area is 126 Å². The highest BCUT2D eigenvalue weighted by Gasteiger charge is 2.15. The van der Waals surface area contributed by atoms with Crippen molar-refractivity contribution in [2.75, 3.05) is 33.3 Å². The molecule has 116 valence electrons. The van der Waals surface area contributed by atoms with Crippen LogP contribution >= 0.6 is 0 Å². The number of aliphatic imine (C=N–C) groups is 1. The first-order chi connectivity index (χ1) is 10.2. The molecule has 1 fully saturated rings. The number of aromatic hydroxyl groups is 1. The van der Waals surface area contributed by atoms with Gasteiger partial charge in [0.25, 0.3) is 0 Å². The highest BCUT2D eigenvalue weighted by Crippen LogP contribution is 2.23. The molecule has 0 aliphatic carbocycles. The molecule has 0 atom stereocenters. The second-order valence-electron chi connectivity index (χ2n) is 5.17. The molecule has 1 saturated heterocycles. The van der Waals surface area contributed by atoms with Crippen LogP contribution in [-0.2, 0) is 6.42 Å². The number of methoxy groups -OCH3 is 1. The summed E-state index contributed by atoms with van der Waals surface area (Å²) >= 11 is 0. The molecule has 0 unspecified atom stereocenters. The minimum Gasteiger partial charge on any atom is -0.508 e. The van der Waals surface area contributed by atoms with Crippen LogP contribution in [0.5, 0.6) is 11.5 Å². The Balaban J connectivity index is 1.95. The van der Waals surface area contributed by atoms with E-state index in [1.807, 2.05) is 12.1 Å². The zero-order valence-electron chi connectivity index (χ0n) is 12.9. The average Bonchev–Trinajstić information content (AvgIpc) is 3.02. The number of rotatable bonds is 5. The summed E-state index contributed by atoms with van der Waals surface area (Å²) in [4.78, 5) is 6.97. The summed E-state index contributed by atoms with van der Waals surface area (Å²) < 4.78 is 5.09. The van der Waals surface area contributed by atoms with Crippen LogP contribution in [0.3, 0.4) is 0 Å². The summed E-state index contributed by atoms with van der Waals surface area (Å²) in [6.45, 7) is 5.79. The maximum absolute atomic E-state index is 9.95. The topological polar surface area (TPSA) is 57.1 Å². The lowest BCUT2D eigenvalue weighted by Gasteiger charge is -2.20. The summed E-state index contributed by atoms with van der Waals surface area (Å²) in [7, 11) is 1.59. The first kappa shape index (κ1) is 15.5. The molecule has 0 spiro atoms. The summed E-state index contributed by atoms with van der Waals surface area (Å²) in [6.07, 6.45) is 3.20. The Kier molecular flexibility index (Phi) is 5.72. The fourth-order valence-corrected chi connectivity index (χ4v) is 2.52. The normalized spacial score (nSPS) is 15.3. The fourth-order valence-electron chi connectivity index (χ4n) is 2.52. The fraction of sp³-hybridized carbons (Fsp3) is 0.562. The van der Waals surface area contributed by atoms with E-state index in [0.717, 1.165) is 37.6 Å². The van der Waals surface area contributed by atoms with E-state index in [0.29, 0.717) is 12.3 Å². The third-order valence-electron chi connectivity index (χ3n) is 3.68. The number of hydrogen-bond donors (Lipinski definition) is 2. The lowest BCUT2D eigenvalue weighted by molar-refractivity contribution is 0.406. The molecule has 5 nitrogen and oxygen atoms in total. The van der Waals surface area contributed by atoms with Gasteiger partial charge in [0.2, 0.25) is 0 Å². The van der Waals surface area contributed by atoms with Crippen LogP contribution in [0, 0.1) is 0 Å². The first-order valence-electron chi connectivity index (χ1n) is 7.63. The molecule has 0 aromatic heterocycles. The Hall–Kier alpha value is -1.91. The van der Waals surface area contributed by atoms with Gasteiger partial charge in [0.05, 0.1) is 7.11 Å². The molecule has 1 aromatic carbocycles. The van der Waals surface area contributed by atoms with E-state index in [9.17, 15) is 5.11 Å². The molecule has 2 N–H and O–H groups in total. The second kappa shape index (κ2) is 7.76. The third kappa shape index (κ3) is 4.28. The van der Waals surface area contributed by atoms with Crippen molar-refractivity contribution in [2.24, 2.45) is 4.99 Å². The molecule has 0 bridgehead atoms. The third-order valence-corrected chi connectivity index (χ3v) is 3.68. The molecule has 0 saturated carbocycles. The van der Waals surface area contributed by atoms with Gasteiger partial charge in [-0.25, -0.2) is 0 Å². The zero-order chi connectivity index (χ0) is 15.1. The van der Waals surface area contributed by atoms with Crippen LogP contribution in [-0.4, -0.2) is 49.3 Å². The van der Waals surface area contributed by atoms with Gasteiger partial charge in [0, 0.05) is 32.2 Å². The number of ether oxygens (including phenoxy) is 1. The minimum absolute atomic E-state index is 0.274. The van der Waals surface area contributed by atoms with E-state index in [1.165, 1.54) is 12.8 Å². The molecule has 1 aliphatic heterocycles. The molecule has 1 heterocycles. The average molecular weight is 291 g/mol. The lowest BCUT2D eigenvalue weighted by Crippen LogP contribution is -2.39. The van der Waals surface area contributed by atoms with E-state index in [4.69, 9.17) is 4.74 Å². The van der Waals surface area contributed by atoms with Gasteiger partial charge in [-0.15, -0.1) is 0 Å². The Morgan fingerprint density at radius 3 is 2.76 bits per heavy atom. The number of guanidine groups is 1. The van der Waals surface area contributed by atoms with Crippen LogP contribution < -0.4 is 10.1 Å². The molecular formula is C16H25N3O2. The first-order valence-corrected chi connectivity index (χ1v) is 7.63. The Bertz CT molecular complexity index is 482. The van der Waals surface area contributed by atoms with Gasteiger partial charge < -0.3 is 20.1 Å². The van der Waals surface area contributed by atoms with Crippen LogP contribution in [0.25, 0.3) is 0 Å². The number of hydrogen-bond acceptors (Lipinski definition) is 3. The summed E-state index contributed by atoms with van der Waals surface area (Å²) in [6, 6.07) is 5.40. The van der Waals surface area contributed by atoms with Crippen LogP contribution in [0.4, 0.5) is 0 Å². The van der Waals surface area contributed by atoms with Crippen molar-refractivity contribution in [1.29, 1.82) is 0 Å². The maximum atomic E-state index is 9.95. The number of nitrogens with one attached hydrogen (secondary N) is 1. The molecule has 5 heteroatoms. The molecule has 1 aliphatic rings. The van der Waals surface area contributed by atoms with Gasteiger partial charge in [-0.2, -0.15) is 0 Å². The maximum Gasteiger partial charge on any atom is 0.193 e. The highest BCUT2D eigenvalue weighted by molar-refractivity contribution is 5.80. The highest BCUT2D eigenvalue weighted by atomic mass is 16.5. The molecule has 0 radical (unpaired) electrons. The molecule has 2 rings (SSSR count). The smallest absolute Gasteiger partial charge is 0.193 e. The number of benzene rings is 1. The van der Waals surface area contributed by atoms with Gasteiger partial charge in [0.1, 0.15) is 11.5 Å². The largest absolute Gasteiger partial charge is 0.508 e. The number of phenolic OH excluding ortho intramolecular Hbond substituents is 1. The van der Waals surface area contributed by atoms with Crippen molar-refractivity contribution in [3.8, 4) is 11.5 Å². The minimum atomic E-state index is 0.274. The van der Waals surface area contributed by atoms with E-state index >= 15 is 0 Å². The van der Waals surface area contributed by atoms with Crippen LogP contribution in [0.2, 0.25) is 0 Å². The van der Waals surface area contributed by atoms with E-state index in [1.54, 1.807) is 13.2 Å². The van der Waals surface area contributed by atoms with Gasteiger partial charge in [-0.1, -0.05) is 6.07 Å². The monoisotopic (exact) mass is 291 g/mol. The molecule has 1 aromatic rings. The summed E-state index contributed by atoms with van der Waals surface area (Å²) in [5, 5.41) is 13.3. The summed E-state index contributed by atoms with van der Waals surface area (Å²) in [5.41, 5.74) is 0.900. The number of nitrogens with zero attached hydrogens (tertiary/aromatic N) is 2. The Morgan fingerprint density at radius 2 is 2.14 bits per heavy atom. The van der Waals surface area contributed by atoms with E-state index in [2.05, 4.69) is 22.1 Å². The molecule has 21 heavy (non-hydrogen) atoms. The molecular weight excluding hydrogens is 266 g/mol. The van der Waals surface area contributed by atoms with Crippen LogP contribution in [0.1, 0.15) is 25.3 Å². The number of phenols is 1. The quantitative estimate of drug-likeness (QED) is 0.643. The predicted octanol–water partition coefficient (Wildman–Crippen LogP) is 2.00. The van der Waals surface area contributed by atoms with Gasteiger partial charge >= 0.3 is 0 Å². The van der Waals surface area contributed by atoms with E-state index in [-0.39, 0.29) is 5.75 Å². The van der Waals surface area contributed by atoms with Crippen molar-refractivity contribution < 1.29 is 9.84 Å². The zero-order valence-corrected chi connectivity index (χ0v) is 12.9. The van der Waals surface area contributed by atoms with Crippen molar-refractivity contribution in [3.63, 3.8) is 0 Å². The second-order valence-corrected chi connectivity index (χ2v) is 5.17. The van der Waals surface area contributed by atoms with Crippen molar-refractivity contribution in [1.82, 2.24) is 10.2 Å². The van der Waals surface area contributed by atoms with Crippen molar-refractivity contribution in [3.05, 3.63) is 23.8 Å². The van der Waals surface area contributed by atoms with Crippen molar-refractivity contribution >= 4 is 5.96 Å². The lowest BCUT2D eigenvalue weighted by atomic mass is 10.1. The molecule has 0 amide bonds. The number of likely N-dealkylation sites (tertiary alicyclic amines) is 1.